The van der Waals surface area contributed by atoms with Crippen LogP contribution in [0.1, 0.15) is 43.7 Å². The highest BCUT2D eigenvalue weighted by Gasteiger charge is 2.16. The second kappa shape index (κ2) is 10.2. The molecule has 0 atom stereocenters. The first-order chi connectivity index (χ1) is 16.0. The van der Waals surface area contributed by atoms with Crippen molar-refractivity contribution in [2.75, 3.05) is 0 Å². The van der Waals surface area contributed by atoms with Crippen molar-refractivity contribution in [1.29, 1.82) is 0 Å². The molecule has 0 spiro atoms. The molecular weight excluding hydrogens is 447 g/mol. The second-order valence-electron chi connectivity index (χ2n) is 8.10. The number of aromatic nitrogens is 6. The lowest BCUT2D eigenvalue weighted by Crippen LogP contribution is -2.40. The summed E-state index contributed by atoms with van der Waals surface area (Å²) in [5.41, 5.74) is 1.74. The maximum atomic E-state index is 13.1. The van der Waals surface area contributed by atoms with Gasteiger partial charge < -0.3 is 4.98 Å². The summed E-state index contributed by atoms with van der Waals surface area (Å²) >= 11 is 5.99. The number of fused-ring (bicyclic) bond motifs is 1. The van der Waals surface area contributed by atoms with E-state index in [9.17, 15) is 14.0 Å². The molecular formula is C23H26ClFN6O2. The van der Waals surface area contributed by atoms with Gasteiger partial charge in [-0.2, -0.15) is 10.1 Å². The summed E-state index contributed by atoms with van der Waals surface area (Å²) in [5, 5.41) is 4.45. The molecule has 3 heterocycles. The van der Waals surface area contributed by atoms with Gasteiger partial charge in [-0.25, -0.2) is 9.18 Å². The van der Waals surface area contributed by atoms with Crippen molar-refractivity contribution >= 4 is 22.8 Å². The molecule has 0 radical (unpaired) electrons. The maximum Gasteiger partial charge on any atom is 0.332 e. The number of nitrogens with one attached hydrogen (secondary N) is 1. The Morgan fingerprint density at radius 2 is 1.79 bits per heavy atom. The molecule has 0 bridgehead atoms. The Bertz CT molecular complexity index is 1350. The Labute approximate surface area is 194 Å². The molecule has 0 aliphatic heterocycles. The van der Waals surface area contributed by atoms with Gasteiger partial charge in [0.25, 0.3) is 5.56 Å². The minimum absolute atomic E-state index is 0.0945. The van der Waals surface area contributed by atoms with Crippen molar-refractivity contribution in [3.8, 4) is 0 Å². The van der Waals surface area contributed by atoms with E-state index in [4.69, 9.17) is 11.6 Å². The van der Waals surface area contributed by atoms with E-state index in [1.807, 2.05) is 6.20 Å². The fourth-order valence-electron chi connectivity index (χ4n) is 3.90. The molecule has 1 aromatic carbocycles. The van der Waals surface area contributed by atoms with Crippen LogP contribution < -0.4 is 11.2 Å². The minimum Gasteiger partial charge on any atom is -0.323 e. The van der Waals surface area contributed by atoms with Gasteiger partial charge in [0.05, 0.1) is 12.7 Å². The normalized spacial score (nSPS) is 11.5. The molecule has 0 saturated carbocycles. The van der Waals surface area contributed by atoms with E-state index in [2.05, 4.69) is 22.0 Å². The van der Waals surface area contributed by atoms with Crippen LogP contribution in [0.3, 0.4) is 0 Å². The Kier molecular flexibility index (Phi) is 7.08. The van der Waals surface area contributed by atoms with Crippen LogP contribution in [0.25, 0.3) is 11.2 Å². The van der Waals surface area contributed by atoms with Gasteiger partial charge in [0.15, 0.2) is 11.2 Å². The number of rotatable bonds is 10. The Balaban J connectivity index is 1.47. The number of aryl methyl sites for hydroxylation is 2. The maximum absolute atomic E-state index is 13.1. The Morgan fingerprint density at radius 1 is 1.03 bits per heavy atom. The molecule has 33 heavy (non-hydrogen) atoms. The van der Waals surface area contributed by atoms with Crippen molar-refractivity contribution in [3.63, 3.8) is 0 Å². The van der Waals surface area contributed by atoms with Crippen molar-refractivity contribution in [1.82, 2.24) is 28.9 Å². The van der Waals surface area contributed by atoms with Crippen LogP contribution >= 0.6 is 11.6 Å². The van der Waals surface area contributed by atoms with E-state index in [0.717, 1.165) is 30.4 Å². The number of hydrogen-bond donors (Lipinski definition) is 1. The third-order valence-electron chi connectivity index (χ3n) is 5.61. The first kappa shape index (κ1) is 23.0. The van der Waals surface area contributed by atoms with Crippen molar-refractivity contribution in [2.45, 2.75) is 58.7 Å². The standard InChI is InChI=1S/C23H26ClFN6O2/c1-2-3-4-11-30-20-19(27-22(24)28-20)21(32)31(23(30)33)12-5-6-17-13-26-29(15-17)14-16-7-9-18(25)10-8-16/h7-10,13,15H,2-6,11-12,14H2,1H3,(H,27,28). The molecule has 8 nitrogen and oxygen atoms in total. The summed E-state index contributed by atoms with van der Waals surface area (Å²) in [5.74, 6) is -0.268. The average Bonchev–Trinajstić information content (AvgIpc) is 3.41. The lowest BCUT2D eigenvalue weighted by molar-refractivity contribution is 0.526. The van der Waals surface area contributed by atoms with E-state index in [1.54, 1.807) is 23.0 Å². The number of nitrogens with zero attached hydrogens (tertiary/aromatic N) is 5. The predicted molar refractivity (Wildman–Crippen MR) is 125 cm³/mol. The molecule has 0 saturated heterocycles. The summed E-state index contributed by atoms with van der Waals surface area (Å²) in [7, 11) is 0. The van der Waals surface area contributed by atoms with Gasteiger partial charge in [-0.1, -0.05) is 31.9 Å². The third-order valence-corrected chi connectivity index (χ3v) is 5.79. The Morgan fingerprint density at radius 3 is 2.55 bits per heavy atom. The molecule has 3 aromatic heterocycles. The summed E-state index contributed by atoms with van der Waals surface area (Å²) in [6.07, 6.45) is 7.77. The van der Waals surface area contributed by atoms with Crippen molar-refractivity contribution in [2.24, 2.45) is 0 Å². The van der Waals surface area contributed by atoms with Gasteiger partial charge >= 0.3 is 5.69 Å². The average molecular weight is 473 g/mol. The second-order valence-corrected chi connectivity index (χ2v) is 8.46. The minimum atomic E-state index is -0.409. The molecule has 0 unspecified atom stereocenters. The van der Waals surface area contributed by atoms with Crippen LogP contribution in [0.15, 0.2) is 46.2 Å². The number of imidazole rings is 1. The number of benzene rings is 1. The fourth-order valence-corrected chi connectivity index (χ4v) is 4.07. The highest BCUT2D eigenvalue weighted by Crippen LogP contribution is 2.12. The van der Waals surface area contributed by atoms with Gasteiger partial charge in [-0.05, 0) is 54.1 Å². The summed E-state index contributed by atoms with van der Waals surface area (Å²) < 4.78 is 17.7. The van der Waals surface area contributed by atoms with Gasteiger partial charge in [-0.3, -0.25) is 18.6 Å². The lowest BCUT2D eigenvalue weighted by atomic mass is 10.2. The highest BCUT2D eigenvalue weighted by atomic mass is 35.5. The molecule has 1 N–H and O–H groups in total. The summed E-state index contributed by atoms with van der Waals surface area (Å²) in [4.78, 5) is 32.9. The van der Waals surface area contributed by atoms with E-state index >= 15 is 0 Å². The zero-order valence-electron chi connectivity index (χ0n) is 18.4. The van der Waals surface area contributed by atoms with Gasteiger partial charge in [-0.15, -0.1) is 0 Å². The smallest absolute Gasteiger partial charge is 0.323 e. The number of unbranched alkanes of at least 4 members (excludes halogenated alkanes) is 2. The molecule has 10 heteroatoms. The highest BCUT2D eigenvalue weighted by molar-refractivity contribution is 6.28. The zero-order chi connectivity index (χ0) is 23.4. The SMILES string of the molecule is CCCCCn1c(=O)n(CCCc2cnn(Cc3ccc(F)cc3)c2)c(=O)c2[nH]c(Cl)nc21. The van der Waals surface area contributed by atoms with Gasteiger partial charge in [0.1, 0.15) is 5.82 Å². The first-order valence-electron chi connectivity index (χ1n) is 11.1. The van der Waals surface area contributed by atoms with Crippen molar-refractivity contribution in [3.05, 3.63) is 79.7 Å². The van der Waals surface area contributed by atoms with Gasteiger partial charge in [0, 0.05) is 19.3 Å². The zero-order valence-corrected chi connectivity index (χ0v) is 19.2. The quantitative estimate of drug-likeness (QED) is 0.281. The van der Waals surface area contributed by atoms with E-state index in [-0.39, 0.29) is 28.9 Å². The topological polar surface area (TPSA) is 90.5 Å². The predicted octanol–water partition coefficient (Wildman–Crippen LogP) is 3.75. The molecule has 174 valence electrons. The van der Waals surface area contributed by atoms with Gasteiger partial charge in [0.2, 0.25) is 5.28 Å². The number of halogens is 2. The number of aromatic amines is 1. The number of hydrogen-bond acceptors (Lipinski definition) is 4. The lowest BCUT2D eigenvalue weighted by Gasteiger charge is -2.11. The molecule has 0 amide bonds. The monoisotopic (exact) mass is 472 g/mol. The van der Waals surface area contributed by atoms with E-state index in [0.29, 0.717) is 31.6 Å². The third kappa shape index (κ3) is 5.24. The Hall–Kier alpha value is -3.20. The summed E-state index contributed by atoms with van der Waals surface area (Å²) in [6.45, 7) is 3.40. The largest absolute Gasteiger partial charge is 0.332 e. The number of H-pyrrole nitrogens is 1. The molecule has 0 aliphatic rings. The fraction of sp³-hybridized carbons (Fsp3) is 0.391. The molecule has 0 fully saturated rings. The molecule has 4 aromatic rings. The molecule has 4 rings (SSSR count). The van der Waals surface area contributed by atoms with Crippen molar-refractivity contribution < 1.29 is 4.39 Å². The van der Waals surface area contributed by atoms with Crippen LogP contribution in [-0.2, 0) is 26.1 Å². The van der Waals surface area contributed by atoms with Crippen LogP contribution in [0.4, 0.5) is 4.39 Å². The van der Waals surface area contributed by atoms with Crippen LogP contribution in [0.5, 0.6) is 0 Å². The summed E-state index contributed by atoms with van der Waals surface area (Å²) in [6, 6.07) is 6.31. The van der Waals surface area contributed by atoms with Crippen LogP contribution in [0, 0.1) is 5.82 Å². The van der Waals surface area contributed by atoms with Crippen LogP contribution in [-0.4, -0.2) is 28.9 Å². The van der Waals surface area contributed by atoms with E-state index < -0.39 is 5.56 Å². The van der Waals surface area contributed by atoms with Crippen LogP contribution in [0.2, 0.25) is 5.28 Å². The first-order valence-corrected chi connectivity index (χ1v) is 11.5. The van der Waals surface area contributed by atoms with E-state index in [1.165, 1.54) is 21.3 Å². The molecule has 0 aliphatic carbocycles.